The van der Waals surface area contributed by atoms with E-state index in [9.17, 15) is 14.7 Å². The van der Waals surface area contributed by atoms with Gasteiger partial charge in [0.25, 0.3) is 0 Å². The number of anilines is 1. The van der Waals surface area contributed by atoms with Crippen LogP contribution < -0.4 is 10.1 Å². The first-order chi connectivity index (χ1) is 11.0. The Labute approximate surface area is 134 Å². The Morgan fingerprint density at radius 2 is 1.83 bits per heavy atom. The van der Waals surface area contributed by atoms with Crippen molar-refractivity contribution in [3.8, 4) is 11.5 Å². The molecule has 0 aliphatic rings. The van der Waals surface area contributed by atoms with Gasteiger partial charge in [-0.1, -0.05) is 18.2 Å². The van der Waals surface area contributed by atoms with Crippen molar-refractivity contribution in [2.75, 3.05) is 12.4 Å². The first-order valence-corrected chi connectivity index (χ1v) is 6.96. The first kappa shape index (κ1) is 16.3. The standard InChI is InChI=1S/C18H17NO4/c1-12(20)19-14-6-9-16(18(22)11-14)17(21)10-5-13-3-7-15(23-2)8-4-13/h3-11,22H,1-2H3,(H,19,20). The Balaban J connectivity index is 2.13. The predicted molar refractivity (Wildman–Crippen MR) is 88.8 cm³/mol. The first-order valence-electron chi connectivity index (χ1n) is 6.96. The van der Waals surface area contributed by atoms with Crippen LogP contribution in [0.1, 0.15) is 22.8 Å². The number of carbonyl (C=O) groups excluding carboxylic acids is 2. The van der Waals surface area contributed by atoms with Crippen molar-refractivity contribution in [3.05, 3.63) is 59.7 Å². The highest BCUT2D eigenvalue weighted by molar-refractivity contribution is 6.09. The lowest BCUT2D eigenvalue weighted by Gasteiger charge is -2.05. The average molecular weight is 311 g/mol. The van der Waals surface area contributed by atoms with Crippen molar-refractivity contribution in [1.29, 1.82) is 0 Å². The highest BCUT2D eigenvalue weighted by atomic mass is 16.5. The van der Waals surface area contributed by atoms with Gasteiger partial charge in [0.2, 0.25) is 5.91 Å². The molecule has 0 heterocycles. The van der Waals surface area contributed by atoms with Gasteiger partial charge in [-0.15, -0.1) is 0 Å². The van der Waals surface area contributed by atoms with Crippen LogP contribution in [-0.4, -0.2) is 23.9 Å². The largest absolute Gasteiger partial charge is 0.507 e. The third-order valence-corrected chi connectivity index (χ3v) is 3.13. The molecule has 2 aromatic carbocycles. The van der Waals surface area contributed by atoms with E-state index in [1.807, 2.05) is 12.1 Å². The summed E-state index contributed by atoms with van der Waals surface area (Å²) >= 11 is 0. The molecule has 1 amide bonds. The minimum Gasteiger partial charge on any atom is -0.507 e. The normalized spacial score (nSPS) is 10.5. The number of benzene rings is 2. The van der Waals surface area contributed by atoms with Gasteiger partial charge in [0.05, 0.1) is 12.7 Å². The summed E-state index contributed by atoms with van der Waals surface area (Å²) in [5.74, 6) is -0.0177. The number of methoxy groups -OCH3 is 1. The number of rotatable bonds is 5. The molecule has 0 aliphatic carbocycles. The smallest absolute Gasteiger partial charge is 0.221 e. The number of aromatic hydroxyl groups is 1. The third-order valence-electron chi connectivity index (χ3n) is 3.13. The number of ketones is 1. The highest BCUT2D eigenvalue weighted by Gasteiger charge is 2.09. The maximum atomic E-state index is 12.1. The molecule has 0 bridgehead atoms. The van der Waals surface area contributed by atoms with Gasteiger partial charge in [0.1, 0.15) is 11.5 Å². The summed E-state index contributed by atoms with van der Waals surface area (Å²) in [6.07, 6.45) is 3.04. The van der Waals surface area contributed by atoms with Crippen LogP contribution in [0.2, 0.25) is 0 Å². The predicted octanol–water partition coefficient (Wildman–Crippen LogP) is 3.26. The average Bonchev–Trinajstić information content (AvgIpc) is 2.52. The number of amides is 1. The summed E-state index contributed by atoms with van der Waals surface area (Å²) in [6, 6.07) is 11.6. The summed E-state index contributed by atoms with van der Waals surface area (Å²) in [6.45, 7) is 1.37. The van der Waals surface area contributed by atoms with Crippen LogP contribution >= 0.6 is 0 Å². The van der Waals surface area contributed by atoms with E-state index in [0.717, 1.165) is 11.3 Å². The van der Waals surface area contributed by atoms with Crippen molar-refractivity contribution < 1.29 is 19.4 Å². The molecule has 2 rings (SSSR count). The molecule has 0 spiro atoms. The van der Waals surface area contributed by atoms with Crippen LogP contribution in [-0.2, 0) is 4.79 Å². The zero-order chi connectivity index (χ0) is 16.8. The topological polar surface area (TPSA) is 75.6 Å². The molecular formula is C18H17NO4. The molecule has 0 unspecified atom stereocenters. The molecule has 2 aromatic rings. The molecule has 2 N–H and O–H groups in total. The number of allylic oxidation sites excluding steroid dienone is 1. The van der Waals surface area contributed by atoms with E-state index < -0.39 is 0 Å². The molecule has 0 atom stereocenters. The van der Waals surface area contributed by atoms with Crippen LogP contribution in [0.5, 0.6) is 11.5 Å². The summed E-state index contributed by atoms with van der Waals surface area (Å²) in [5, 5.41) is 12.5. The molecule has 0 saturated heterocycles. The van der Waals surface area contributed by atoms with Crippen LogP contribution in [0, 0.1) is 0 Å². The monoisotopic (exact) mass is 311 g/mol. The number of hydrogen-bond acceptors (Lipinski definition) is 4. The zero-order valence-corrected chi connectivity index (χ0v) is 12.9. The van der Waals surface area contributed by atoms with E-state index in [-0.39, 0.29) is 23.0 Å². The number of phenolic OH excluding ortho intramolecular Hbond substituents is 1. The SMILES string of the molecule is COc1ccc(C=CC(=O)c2ccc(NC(C)=O)cc2O)cc1. The quantitative estimate of drug-likeness (QED) is 0.656. The second-order valence-corrected chi connectivity index (χ2v) is 4.88. The third kappa shape index (κ3) is 4.44. The number of hydrogen-bond donors (Lipinski definition) is 2. The van der Waals surface area contributed by atoms with Gasteiger partial charge >= 0.3 is 0 Å². The van der Waals surface area contributed by atoms with E-state index in [0.29, 0.717) is 5.69 Å². The minimum absolute atomic E-state index is 0.170. The number of nitrogens with one attached hydrogen (secondary N) is 1. The van der Waals surface area contributed by atoms with E-state index in [1.54, 1.807) is 31.4 Å². The van der Waals surface area contributed by atoms with Crippen molar-refractivity contribution in [1.82, 2.24) is 0 Å². The lowest BCUT2D eigenvalue weighted by molar-refractivity contribution is -0.114. The van der Waals surface area contributed by atoms with Crippen LogP contribution in [0.4, 0.5) is 5.69 Å². The highest BCUT2D eigenvalue weighted by Crippen LogP contribution is 2.23. The van der Waals surface area contributed by atoms with E-state index in [4.69, 9.17) is 4.74 Å². The Morgan fingerprint density at radius 3 is 2.39 bits per heavy atom. The second-order valence-electron chi connectivity index (χ2n) is 4.88. The van der Waals surface area contributed by atoms with Gasteiger partial charge in [0.15, 0.2) is 5.78 Å². The lowest BCUT2D eigenvalue weighted by atomic mass is 10.1. The Morgan fingerprint density at radius 1 is 1.13 bits per heavy atom. The second kappa shape index (κ2) is 7.26. The Hall–Kier alpha value is -3.08. The molecule has 5 nitrogen and oxygen atoms in total. The summed E-state index contributed by atoms with van der Waals surface area (Å²) in [4.78, 5) is 23.1. The summed E-state index contributed by atoms with van der Waals surface area (Å²) in [7, 11) is 1.59. The van der Waals surface area contributed by atoms with E-state index in [1.165, 1.54) is 25.1 Å². The molecule has 23 heavy (non-hydrogen) atoms. The van der Waals surface area contributed by atoms with Gasteiger partial charge in [-0.3, -0.25) is 9.59 Å². The number of ether oxygens (including phenoxy) is 1. The van der Waals surface area contributed by atoms with Crippen molar-refractivity contribution >= 4 is 23.5 Å². The zero-order valence-electron chi connectivity index (χ0n) is 12.9. The van der Waals surface area contributed by atoms with Gasteiger partial charge in [0, 0.05) is 18.7 Å². The number of carbonyl (C=O) groups is 2. The van der Waals surface area contributed by atoms with Gasteiger partial charge in [-0.2, -0.15) is 0 Å². The van der Waals surface area contributed by atoms with Crippen molar-refractivity contribution in [2.24, 2.45) is 0 Å². The minimum atomic E-state index is -0.326. The van der Waals surface area contributed by atoms with Crippen LogP contribution in [0.25, 0.3) is 6.08 Å². The molecule has 0 aliphatic heterocycles. The molecule has 0 radical (unpaired) electrons. The van der Waals surface area contributed by atoms with Crippen LogP contribution in [0.15, 0.2) is 48.5 Å². The summed E-state index contributed by atoms with van der Waals surface area (Å²) < 4.78 is 5.06. The van der Waals surface area contributed by atoms with Crippen molar-refractivity contribution in [2.45, 2.75) is 6.92 Å². The molecule has 0 aromatic heterocycles. The molecule has 0 saturated carbocycles. The molecule has 5 heteroatoms. The van der Waals surface area contributed by atoms with Gasteiger partial charge in [-0.25, -0.2) is 0 Å². The number of phenols is 1. The fourth-order valence-corrected chi connectivity index (χ4v) is 2.00. The van der Waals surface area contributed by atoms with E-state index in [2.05, 4.69) is 5.32 Å². The van der Waals surface area contributed by atoms with Gasteiger partial charge < -0.3 is 15.2 Å². The Kier molecular flexibility index (Phi) is 5.15. The van der Waals surface area contributed by atoms with Gasteiger partial charge in [-0.05, 0) is 35.9 Å². The fourth-order valence-electron chi connectivity index (χ4n) is 2.00. The lowest BCUT2D eigenvalue weighted by Crippen LogP contribution is -2.06. The van der Waals surface area contributed by atoms with E-state index >= 15 is 0 Å². The molecule has 0 fully saturated rings. The van der Waals surface area contributed by atoms with Crippen molar-refractivity contribution in [3.63, 3.8) is 0 Å². The summed E-state index contributed by atoms with van der Waals surface area (Å²) in [5.41, 5.74) is 1.45. The fraction of sp³-hybridized carbons (Fsp3) is 0.111. The molecule has 118 valence electrons. The Bertz CT molecular complexity index is 748. The maximum Gasteiger partial charge on any atom is 0.221 e. The maximum absolute atomic E-state index is 12.1. The van der Waals surface area contributed by atoms with Crippen LogP contribution in [0.3, 0.4) is 0 Å². The molecular weight excluding hydrogens is 294 g/mol.